The van der Waals surface area contributed by atoms with Crippen molar-refractivity contribution in [2.24, 2.45) is 11.8 Å². The van der Waals surface area contributed by atoms with Gasteiger partial charge in [0.05, 0.1) is 12.3 Å². The molecule has 0 fully saturated rings. The maximum Gasteiger partial charge on any atom is 0.307 e. The lowest BCUT2D eigenvalue weighted by atomic mass is 9.91. The van der Waals surface area contributed by atoms with Crippen LogP contribution in [0, 0.1) is 11.8 Å². The number of carboxylic acids is 1. The van der Waals surface area contributed by atoms with Crippen LogP contribution >= 0.6 is 0 Å². The maximum absolute atomic E-state index is 11.6. The van der Waals surface area contributed by atoms with Gasteiger partial charge >= 0.3 is 11.9 Å². The van der Waals surface area contributed by atoms with Gasteiger partial charge in [-0.3, -0.25) is 9.59 Å². The first-order chi connectivity index (χ1) is 7.65. The number of hydrogen-bond acceptors (Lipinski definition) is 3. The van der Waals surface area contributed by atoms with E-state index in [1.54, 1.807) is 20.8 Å². The summed E-state index contributed by atoms with van der Waals surface area (Å²) in [6.07, 6.45) is 1.39. The van der Waals surface area contributed by atoms with Crippen LogP contribution in [0.4, 0.5) is 0 Å². The number of carbonyl (C=O) groups excluding carboxylic acids is 1. The number of esters is 1. The molecule has 0 spiro atoms. The van der Waals surface area contributed by atoms with Gasteiger partial charge in [-0.05, 0) is 33.1 Å². The van der Waals surface area contributed by atoms with Gasteiger partial charge in [0.15, 0.2) is 0 Å². The Hall–Kier alpha value is -1.06. The molecule has 0 saturated carbocycles. The minimum atomic E-state index is -0.920. The molecule has 0 aliphatic rings. The Balaban J connectivity index is 4.35. The van der Waals surface area contributed by atoms with Crippen LogP contribution in [0.5, 0.6) is 0 Å². The maximum atomic E-state index is 11.6. The highest BCUT2D eigenvalue weighted by atomic mass is 16.6. The van der Waals surface area contributed by atoms with E-state index >= 15 is 0 Å². The Morgan fingerprint density at radius 1 is 1.29 bits per heavy atom. The van der Waals surface area contributed by atoms with Crippen molar-refractivity contribution < 1.29 is 19.4 Å². The van der Waals surface area contributed by atoms with E-state index in [-0.39, 0.29) is 6.42 Å². The summed E-state index contributed by atoms with van der Waals surface area (Å²) in [4.78, 5) is 22.6. The second-order valence-electron chi connectivity index (χ2n) is 5.57. The second-order valence-corrected chi connectivity index (χ2v) is 5.57. The fourth-order valence-corrected chi connectivity index (χ4v) is 1.51. The Morgan fingerprint density at radius 2 is 1.82 bits per heavy atom. The molecule has 0 heterocycles. The molecule has 0 aromatic carbocycles. The summed E-state index contributed by atoms with van der Waals surface area (Å²) in [6.45, 7) is 9.32. The van der Waals surface area contributed by atoms with Crippen molar-refractivity contribution >= 4 is 11.9 Å². The van der Waals surface area contributed by atoms with Crippen LogP contribution < -0.4 is 0 Å². The lowest BCUT2D eigenvalue weighted by Gasteiger charge is -2.21. The minimum absolute atomic E-state index is 0.0447. The fraction of sp³-hybridized carbons (Fsp3) is 0.846. The Morgan fingerprint density at radius 3 is 2.18 bits per heavy atom. The smallest absolute Gasteiger partial charge is 0.307 e. The monoisotopic (exact) mass is 244 g/mol. The van der Waals surface area contributed by atoms with Crippen molar-refractivity contribution in [3.8, 4) is 0 Å². The molecule has 0 aliphatic heterocycles. The Labute approximate surface area is 103 Å². The zero-order chi connectivity index (χ0) is 13.6. The minimum Gasteiger partial charge on any atom is -0.481 e. The first-order valence-electron chi connectivity index (χ1n) is 6.10. The van der Waals surface area contributed by atoms with E-state index in [0.29, 0.717) is 12.3 Å². The van der Waals surface area contributed by atoms with Crippen molar-refractivity contribution in [3.05, 3.63) is 0 Å². The van der Waals surface area contributed by atoms with Crippen LogP contribution in [0.15, 0.2) is 0 Å². The summed E-state index contributed by atoms with van der Waals surface area (Å²) in [5.74, 6) is -1.69. The highest BCUT2D eigenvalue weighted by Gasteiger charge is 2.26. The predicted octanol–water partition coefficient (Wildman–Crippen LogP) is 2.86. The van der Waals surface area contributed by atoms with Crippen LogP contribution in [0.3, 0.4) is 0 Å². The highest BCUT2D eigenvalue weighted by molar-refractivity contribution is 5.78. The fourth-order valence-electron chi connectivity index (χ4n) is 1.51. The first kappa shape index (κ1) is 15.9. The van der Waals surface area contributed by atoms with Crippen molar-refractivity contribution in [1.29, 1.82) is 0 Å². The Bertz CT molecular complexity index is 265. The third-order valence-electron chi connectivity index (χ3n) is 2.57. The first-order valence-corrected chi connectivity index (χ1v) is 6.10. The third-order valence-corrected chi connectivity index (χ3v) is 2.57. The number of carbonyl (C=O) groups is 2. The topological polar surface area (TPSA) is 63.6 Å². The molecule has 0 aliphatic carbocycles. The third kappa shape index (κ3) is 7.77. The van der Waals surface area contributed by atoms with Crippen LogP contribution in [0.2, 0.25) is 0 Å². The van der Waals surface area contributed by atoms with Crippen LogP contribution in [0.1, 0.15) is 53.9 Å². The molecule has 2 unspecified atom stereocenters. The summed E-state index contributed by atoms with van der Waals surface area (Å²) < 4.78 is 5.13. The number of ether oxygens (including phenoxy) is 1. The summed E-state index contributed by atoms with van der Waals surface area (Å²) in [5.41, 5.74) is -0.559. The van der Waals surface area contributed by atoms with E-state index in [0.717, 1.165) is 6.42 Å². The molecule has 0 aromatic heterocycles. The highest BCUT2D eigenvalue weighted by Crippen LogP contribution is 2.20. The van der Waals surface area contributed by atoms with Crippen LogP contribution in [-0.2, 0) is 14.3 Å². The average Bonchev–Trinajstić information content (AvgIpc) is 2.13. The van der Waals surface area contributed by atoms with E-state index in [1.165, 1.54) is 0 Å². The van der Waals surface area contributed by atoms with Crippen molar-refractivity contribution in [3.63, 3.8) is 0 Å². The van der Waals surface area contributed by atoms with E-state index in [2.05, 4.69) is 0 Å². The second kappa shape index (κ2) is 6.62. The number of carboxylic acid groups (broad SMARTS) is 1. The number of aliphatic carboxylic acids is 1. The quantitative estimate of drug-likeness (QED) is 0.730. The van der Waals surface area contributed by atoms with E-state index < -0.39 is 23.5 Å². The van der Waals surface area contributed by atoms with Gasteiger partial charge in [-0.15, -0.1) is 0 Å². The molecule has 0 rings (SSSR count). The van der Waals surface area contributed by atoms with Gasteiger partial charge in [-0.1, -0.05) is 20.3 Å². The van der Waals surface area contributed by atoms with Gasteiger partial charge in [0.2, 0.25) is 0 Å². The standard InChI is InChI=1S/C13H24O4/c1-6-9(2)7-10(12(15)16)8-11(14)17-13(3,4)5/h9-10H,6-8H2,1-5H3,(H,15,16). The lowest BCUT2D eigenvalue weighted by Crippen LogP contribution is -2.28. The SMILES string of the molecule is CCC(C)CC(CC(=O)OC(C)(C)C)C(=O)O. The largest absolute Gasteiger partial charge is 0.481 e. The van der Waals surface area contributed by atoms with Gasteiger partial charge in [0.25, 0.3) is 0 Å². The predicted molar refractivity (Wildman–Crippen MR) is 65.7 cm³/mol. The molecule has 0 bridgehead atoms. The van der Waals surface area contributed by atoms with E-state index in [4.69, 9.17) is 9.84 Å². The van der Waals surface area contributed by atoms with Crippen LogP contribution in [0.25, 0.3) is 0 Å². The molecule has 4 heteroatoms. The molecule has 17 heavy (non-hydrogen) atoms. The molecule has 0 saturated heterocycles. The van der Waals surface area contributed by atoms with E-state index in [1.807, 2.05) is 13.8 Å². The molecular weight excluding hydrogens is 220 g/mol. The molecule has 0 aromatic rings. The van der Waals surface area contributed by atoms with Gasteiger partial charge < -0.3 is 9.84 Å². The van der Waals surface area contributed by atoms with Crippen molar-refractivity contribution in [1.82, 2.24) is 0 Å². The molecule has 0 amide bonds. The van der Waals surface area contributed by atoms with Gasteiger partial charge in [0.1, 0.15) is 5.60 Å². The average molecular weight is 244 g/mol. The van der Waals surface area contributed by atoms with Gasteiger partial charge in [-0.2, -0.15) is 0 Å². The molecular formula is C13H24O4. The summed E-state index contributed by atoms with van der Waals surface area (Å²) in [6, 6.07) is 0. The van der Waals surface area contributed by atoms with Crippen LogP contribution in [-0.4, -0.2) is 22.6 Å². The van der Waals surface area contributed by atoms with Gasteiger partial charge in [-0.25, -0.2) is 0 Å². The van der Waals surface area contributed by atoms with Crippen molar-refractivity contribution in [2.45, 2.75) is 59.5 Å². The normalized spacial score (nSPS) is 15.1. The number of rotatable bonds is 6. The molecule has 1 N–H and O–H groups in total. The summed E-state index contributed by atoms with van der Waals surface area (Å²) in [7, 11) is 0. The van der Waals surface area contributed by atoms with Gasteiger partial charge in [0, 0.05) is 0 Å². The summed E-state index contributed by atoms with van der Waals surface area (Å²) in [5, 5.41) is 9.06. The van der Waals surface area contributed by atoms with Crippen molar-refractivity contribution in [2.75, 3.05) is 0 Å². The molecule has 4 nitrogen and oxygen atoms in total. The molecule has 100 valence electrons. The molecule has 2 atom stereocenters. The zero-order valence-electron chi connectivity index (χ0n) is 11.4. The molecule has 0 radical (unpaired) electrons. The zero-order valence-corrected chi connectivity index (χ0v) is 11.4. The Kier molecular flexibility index (Phi) is 6.21. The number of hydrogen-bond donors (Lipinski definition) is 1. The summed E-state index contributed by atoms with van der Waals surface area (Å²) >= 11 is 0. The van der Waals surface area contributed by atoms with E-state index in [9.17, 15) is 9.59 Å². The lowest BCUT2D eigenvalue weighted by molar-refractivity contribution is -0.160.